The van der Waals surface area contributed by atoms with Gasteiger partial charge in [-0.2, -0.15) is 0 Å². The van der Waals surface area contributed by atoms with Crippen molar-refractivity contribution in [2.75, 3.05) is 20.3 Å². The molecule has 1 aromatic heterocycles. The second-order valence-corrected chi connectivity index (χ2v) is 4.77. The summed E-state index contributed by atoms with van der Waals surface area (Å²) in [7, 11) is 1.66. The summed E-state index contributed by atoms with van der Waals surface area (Å²) in [6, 6.07) is 5.24. The van der Waals surface area contributed by atoms with Crippen LogP contribution in [0.15, 0.2) is 29.0 Å². The van der Waals surface area contributed by atoms with E-state index >= 15 is 0 Å². The van der Waals surface area contributed by atoms with Crippen LogP contribution in [0.5, 0.6) is 0 Å². The maximum absolute atomic E-state index is 6.16. The lowest BCUT2D eigenvalue weighted by atomic mass is 10.1. The Bertz CT molecular complexity index is 543. The number of methoxy groups -OCH3 is 1. The van der Waals surface area contributed by atoms with Gasteiger partial charge in [0.25, 0.3) is 0 Å². The Morgan fingerprint density at radius 2 is 2.21 bits per heavy atom. The highest BCUT2D eigenvalue weighted by Gasteiger charge is 2.14. The standard InChI is InChI=1S/C13H14Cl2N2O2/c1-18-5-4-16-7-12-13(19-8-17-12)10-6-9(14)2-3-11(10)15/h2-3,6,8,16H,4-5,7H2,1H3. The quantitative estimate of drug-likeness (QED) is 0.831. The predicted octanol–water partition coefficient (Wildman–Crippen LogP) is 3.38. The number of nitrogens with zero attached hydrogens (tertiary/aromatic N) is 1. The van der Waals surface area contributed by atoms with Crippen LogP contribution in [0.2, 0.25) is 10.0 Å². The van der Waals surface area contributed by atoms with Gasteiger partial charge in [-0.1, -0.05) is 23.2 Å². The minimum absolute atomic E-state index is 0.581. The van der Waals surface area contributed by atoms with Crippen LogP contribution < -0.4 is 5.32 Å². The van der Waals surface area contributed by atoms with E-state index in [0.717, 1.165) is 17.8 Å². The fourth-order valence-corrected chi connectivity index (χ4v) is 2.04. The monoisotopic (exact) mass is 300 g/mol. The molecule has 4 nitrogen and oxygen atoms in total. The smallest absolute Gasteiger partial charge is 0.181 e. The van der Waals surface area contributed by atoms with Crippen LogP contribution in [0.1, 0.15) is 5.69 Å². The maximum atomic E-state index is 6.16. The number of aromatic nitrogens is 1. The fraction of sp³-hybridized carbons (Fsp3) is 0.308. The molecule has 0 aliphatic rings. The zero-order valence-electron chi connectivity index (χ0n) is 10.5. The average molecular weight is 301 g/mol. The van der Waals surface area contributed by atoms with Crippen LogP contribution in [-0.4, -0.2) is 25.2 Å². The summed E-state index contributed by atoms with van der Waals surface area (Å²) >= 11 is 12.1. The summed E-state index contributed by atoms with van der Waals surface area (Å²) in [6.07, 6.45) is 1.40. The molecule has 1 aromatic carbocycles. The molecule has 1 heterocycles. The predicted molar refractivity (Wildman–Crippen MR) is 75.5 cm³/mol. The lowest BCUT2D eigenvalue weighted by Gasteiger charge is -2.05. The third-order valence-corrected chi connectivity index (χ3v) is 3.15. The molecule has 0 fully saturated rings. The van der Waals surface area contributed by atoms with Crippen LogP contribution in [0.3, 0.4) is 0 Å². The third kappa shape index (κ3) is 3.70. The van der Waals surface area contributed by atoms with Gasteiger partial charge in [0.1, 0.15) is 5.69 Å². The Morgan fingerprint density at radius 3 is 3.00 bits per heavy atom. The number of rotatable bonds is 6. The molecule has 2 rings (SSSR count). The second-order valence-electron chi connectivity index (χ2n) is 3.92. The molecule has 0 atom stereocenters. The minimum Gasteiger partial charge on any atom is -0.443 e. The van der Waals surface area contributed by atoms with Crippen molar-refractivity contribution in [3.63, 3.8) is 0 Å². The van der Waals surface area contributed by atoms with E-state index in [1.54, 1.807) is 25.3 Å². The van der Waals surface area contributed by atoms with Gasteiger partial charge in [-0.25, -0.2) is 4.98 Å². The molecule has 0 saturated heterocycles. The third-order valence-electron chi connectivity index (χ3n) is 2.59. The van der Waals surface area contributed by atoms with Gasteiger partial charge in [0.2, 0.25) is 0 Å². The van der Waals surface area contributed by atoms with Gasteiger partial charge in [-0.15, -0.1) is 0 Å². The molecule has 0 aliphatic heterocycles. The number of oxazole rings is 1. The van der Waals surface area contributed by atoms with E-state index in [0.29, 0.717) is 29.0 Å². The van der Waals surface area contributed by atoms with Crippen LogP contribution >= 0.6 is 23.2 Å². The van der Waals surface area contributed by atoms with E-state index in [9.17, 15) is 0 Å². The largest absolute Gasteiger partial charge is 0.443 e. The van der Waals surface area contributed by atoms with Gasteiger partial charge in [-0.3, -0.25) is 0 Å². The molecule has 0 saturated carbocycles. The summed E-state index contributed by atoms with van der Waals surface area (Å²) in [5.41, 5.74) is 1.54. The van der Waals surface area contributed by atoms with Gasteiger partial charge in [-0.05, 0) is 18.2 Å². The van der Waals surface area contributed by atoms with E-state index < -0.39 is 0 Å². The van der Waals surface area contributed by atoms with Gasteiger partial charge in [0.05, 0.1) is 11.6 Å². The SMILES string of the molecule is COCCNCc1ncoc1-c1cc(Cl)ccc1Cl. The van der Waals surface area contributed by atoms with Crippen molar-refractivity contribution >= 4 is 23.2 Å². The molecule has 0 unspecified atom stereocenters. The molecule has 0 radical (unpaired) electrons. The minimum atomic E-state index is 0.581. The normalized spacial score (nSPS) is 10.9. The van der Waals surface area contributed by atoms with Crippen molar-refractivity contribution in [1.82, 2.24) is 10.3 Å². The summed E-state index contributed by atoms with van der Waals surface area (Å²) in [6.45, 7) is 1.97. The van der Waals surface area contributed by atoms with Gasteiger partial charge in [0, 0.05) is 30.8 Å². The molecular weight excluding hydrogens is 287 g/mol. The lowest BCUT2D eigenvalue weighted by molar-refractivity contribution is 0.199. The molecule has 0 amide bonds. The van der Waals surface area contributed by atoms with Crippen molar-refractivity contribution in [1.29, 1.82) is 0 Å². The Balaban J connectivity index is 2.16. The van der Waals surface area contributed by atoms with Crippen molar-refractivity contribution in [3.8, 4) is 11.3 Å². The number of nitrogens with one attached hydrogen (secondary N) is 1. The number of hydrogen-bond donors (Lipinski definition) is 1. The summed E-state index contributed by atoms with van der Waals surface area (Å²) in [4.78, 5) is 4.19. The van der Waals surface area contributed by atoms with Crippen molar-refractivity contribution < 1.29 is 9.15 Å². The van der Waals surface area contributed by atoms with E-state index in [1.807, 2.05) is 0 Å². The molecule has 2 aromatic rings. The number of benzene rings is 1. The van der Waals surface area contributed by atoms with E-state index in [2.05, 4.69) is 10.3 Å². The zero-order valence-corrected chi connectivity index (χ0v) is 12.0. The first-order valence-corrected chi connectivity index (χ1v) is 6.55. The molecule has 6 heteroatoms. The van der Waals surface area contributed by atoms with Crippen LogP contribution in [0, 0.1) is 0 Å². The van der Waals surface area contributed by atoms with Crippen LogP contribution in [-0.2, 0) is 11.3 Å². The Kier molecular flexibility index (Phi) is 5.22. The highest BCUT2D eigenvalue weighted by atomic mass is 35.5. The van der Waals surface area contributed by atoms with Crippen molar-refractivity contribution in [2.24, 2.45) is 0 Å². The van der Waals surface area contributed by atoms with Crippen molar-refractivity contribution in [3.05, 3.63) is 40.3 Å². The van der Waals surface area contributed by atoms with E-state index in [4.69, 9.17) is 32.4 Å². The number of ether oxygens (including phenoxy) is 1. The first-order chi connectivity index (χ1) is 9.22. The average Bonchev–Trinajstić information content (AvgIpc) is 2.86. The van der Waals surface area contributed by atoms with E-state index in [-0.39, 0.29) is 0 Å². The van der Waals surface area contributed by atoms with Gasteiger partial charge < -0.3 is 14.5 Å². The first-order valence-electron chi connectivity index (χ1n) is 5.80. The Hall–Kier alpha value is -1.07. The molecular formula is C13H14Cl2N2O2. The van der Waals surface area contributed by atoms with Gasteiger partial charge >= 0.3 is 0 Å². The van der Waals surface area contributed by atoms with Crippen LogP contribution in [0.25, 0.3) is 11.3 Å². The molecule has 0 bridgehead atoms. The summed E-state index contributed by atoms with van der Waals surface area (Å²) in [5.74, 6) is 0.636. The molecule has 102 valence electrons. The van der Waals surface area contributed by atoms with Crippen molar-refractivity contribution in [2.45, 2.75) is 6.54 Å². The van der Waals surface area contributed by atoms with Gasteiger partial charge in [0.15, 0.2) is 12.2 Å². The Labute approximate surface area is 121 Å². The highest BCUT2D eigenvalue weighted by molar-refractivity contribution is 6.35. The first kappa shape index (κ1) is 14.3. The molecule has 0 spiro atoms. The number of halogens is 2. The Morgan fingerprint density at radius 1 is 1.37 bits per heavy atom. The topological polar surface area (TPSA) is 47.3 Å². The summed E-state index contributed by atoms with van der Waals surface area (Å²) < 4.78 is 10.4. The maximum Gasteiger partial charge on any atom is 0.181 e. The molecule has 19 heavy (non-hydrogen) atoms. The highest BCUT2D eigenvalue weighted by Crippen LogP contribution is 2.32. The van der Waals surface area contributed by atoms with Crippen LogP contribution in [0.4, 0.5) is 0 Å². The second kappa shape index (κ2) is 6.91. The molecule has 0 aliphatic carbocycles. The fourth-order valence-electron chi connectivity index (χ4n) is 1.67. The molecule has 1 N–H and O–H groups in total. The number of hydrogen-bond acceptors (Lipinski definition) is 4. The zero-order chi connectivity index (χ0) is 13.7. The lowest BCUT2D eigenvalue weighted by Crippen LogP contribution is -2.19. The van der Waals surface area contributed by atoms with E-state index in [1.165, 1.54) is 6.39 Å². The summed E-state index contributed by atoms with van der Waals surface area (Å²) in [5, 5.41) is 4.40.